The SMILES string of the molecule is Cc1cc([C@H]2Oc3cc(O)cc(O)c3C[C@@H]2O)ccc1O. The van der Waals surface area contributed by atoms with E-state index in [0.717, 1.165) is 5.56 Å². The topological polar surface area (TPSA) is 90.2 Å². The average Bonchev–Trinajstić information content (AvgIpc) is 2.42. The molecule has 1 aliphatic rings. The summed E-state index contributed by atoms with van der Waals surface area (Å²) in [6.45, 7) is 1.76. The zero-order chi connectivity index (χ0) is 15.1. The van der Waals surface area contributed by atoms with Gasteiger partial charge in [0.25, 0.3) is 0 Å². The molecule has 5 heteroatoms. The summed E-state index contributed by atoms with van der Waals surface area (Å²) in [5, 5.41) is 39.2. The Bertz CT molecular complexity index is 695. The molecule has 21 heavy (non-hydrogen) atoms. The smallest absolute Gasteiger partial charge is 0.150 e. The summed E-state index contributed by atoms with van der Waals surface area (Å²) in [6.07, 6.45) is -1.21. The number of aliphatic hydroxyl groups is 1. The van der Waals surface area contributed by atoms with Crippen LogP contribution in [0.1, 0.15) is 22.8 Å². The van der Waals surface area contributed by atoms with Crippen LogP contribution in [0.4, 0.5) is 0 Å². The van der Waals surface area contributed by atoms with E-state index in [1.165, 1.54) is 12.1 Å². The van der Waals surface area contributed by atoms with Crippen molar-refractivity contribution in [2.45, 2.75) is 25.6 Å². The second-order valence-electron chi connectivity index (χ2n) is 5.30. The van der Waals surface area contributed by atoms with Crippen molar-refractivity contribution in [3.05, 3.63) is 47.0 Å². The van der Waals surface area contributed by atoms with Crippen LogP contribution in [-0.4, -0.2) is 26.5 Å². The van der Waals surface area contributed by atoms with Gasteiger partial charge in [0.15, 0.2) is 0 Å². The van der Waals surface area contributed by atoms with Gasteiger partial charge in [-0.25, -0.2) is 0 Å². The summed E-state index contributed by atoms with van der Waals surface area (Å²) < 4.78 is 5.74. The molecule has 3 rings (SSSR count). The Hall–Kier alpha value is -2.40. The van der Waals surface area contributed by atoms with Crippen LogP contribution in [0.25, 0.3) is 0 Å². The van der Waals surface area contributed by atoms with Crippen molar-refractivity contribution in [3.63, 3.8) is 0 Å². The van der Waals surface area contributed by atoms with Crippen LogP contribution in [0.3, 0.4) is 0 Å². The fourth-order valence-corrected chi connectivity index (χ4v) is 2.60. The highest BCUT2D eigenvalue weighted by molar-refractivity contribution is 5.51. The van der Waals surface area contributed by atoms with E-state index in [0.29, 0.717) is 16.9 Å². The van der Waals surface area contributed by atoms with Gasteiger partial charge < -0.3 is 25.2 Å². The molecule has 0 bridgehead atoms. The van der Waals surface area contributed by atoms with E-state index in [-0.39, 0.29) is 23.7 Å². The first-order chi connectivity index (χ1) is 9.95. The molecule has 2 aromatic rings. The molecule has 0 aromatic heterocycles. The minimum atomic E-state index is -0.822. The van der Waals surface area contributed by atoms with Gasteiger partial charge in [0, 0.05) is 24.1 Å². The number of phenolic OH excluding ortho intramolecular Hbond substituents is 3. The predicted octanol–water partition coefficient (Wildman–Crippen LogP) is 2.15. The summed E-state index contributed by atoms with van der Waals surface area (Å²) in [7, 11) is 0. The van der Waals surface area contributed by atoms with Crippen molar-refractivity contribution >= 4 is 0 Å². The molecule has 0 amide bonds. The van der Waals surface area contributed by atoms with Crippen molar-refractivity contribution in [1.29, 1.82) is 0 Å². The normalized spacial score (nSPS) is 20.7. The highest BCUT2D eigenvalue weighted by Gasteiger charge is 2.32. The van der Waals surface area contributed by atoms with Crippen LogP contribution in [0.15, 0.2) is 30.3 Å². The van der Waals surface area contributed by atoms with E-state index in [9.17, 15) is 20.4 Å². The van der Waals surface area contributed by atoms with Gasteiger partial charge in [0.05, 0.1) is 6.10 Å². The van der Waals surface area contributed by atoms with Crippen molar-refractivity contribution in [2.24, 2.45) is 0 Å². The predicted molar refractivity (Wildman–Crippen MR) is 75.7 cm³/mol. The molecule has 0 radical (unpaired) electrons. The zero-order valence-corrected chi connectivity index (χ0v) is 11.4. The van der Waals surface area contributed by atoms with E-state index in [1.807, 2.05) is 0 Å². The first-order valence-corrected chi connectivity index (χ1v) is 6.65. The molecule has 0 fully saturated rings. The maximum atomic E-state index is 10.3. The number of hydrogen-bond acceptors (Lipinski definition) is 5. The van der Waals surface area contributed by atoms with Gasteiger partial charge >= 0.3 is 0 Å². The molecule has 0 unspecified atom stereocenters. The highest BCUT2D eigenvalue weighted by Crippen LogP contribution is 2.42. The van der Waals surface area contributed by atoms with Gasteiger partial charge in [-0.1, -0.05) is 6.07 Å². The molecule has 2 atom stereocenters. The number of aliphatic hydroxyl groups excluding tert-OH is 1. The van der Waals surface area contributed by atoms with Crippen LogP contribution in [-0.2, 0) is 6.42 Å². The lowest BCUT2D eigenvalue weighted by Gasteiger charge is -2.31. The third-order valence-electron chi connectivity index (χ3n) is 3.74. The van der Waals surface area contributed by atoms with Gasteiger partial charge in [-0.05, 0) is 30.2 Å². The monoisotopic (exact) mass is 288 g/mol. The first kappa shape index (κ1) is 13.6. The molecule has 110 valence electrons. The fourth-order valence-electron chi connectivity index (χ4n) is 2.60. The summed E-state index contributed by atoms with van der Waals surface area (Å²) in [5.41, 5.74) is 1.89. The lowest BCUT2D eigenvalue weighted by molar-refractivity contribution is 0.0197. The van der Waals surface area contributed by atoms with Crippen molar-refractivity contribution in [3.8, 4) is 23.0 Å². The van der Waals surface area contributed by atoms with Crippen molar-refractivity contribution in [2.75, 3.05) is 0 Å². The molecule has 0 saturated heterocycles. The number of phenols is 3. The summed E-state index contributed by atoms with van der Waals surface area (Å²) >= 11 is 0. The lowest BCUT2D eigenvalue weighted by Crippen LogP contribution is -2.30. The molecule has 5 nitrogen and oxygen atoms in total. The molecular formula is C16H16O5. The van der Waals surface area contributed by atoms with E-state index in [4.69, 9.17) is 4.74 Å². The molecule has 0 aliphatic carbocycles. The Labute approximate surface area is 121 Å². The maximum absolute atomic E-state index is 10.3. The molecule has 1 heterocycles. The standard InChI is InChI=1S/C16H16O5/c1-8-4-9(2-3-12(8)18)16-14(20)7-11-13(19)5-10(17)6-15(11)21-16/h2-6,14,16-20H,7H2,1H3/t14-,16+/m0/s1. The summed E-state index contributed by atoms with van der Waals surface area (Å²) in [5.74, 6) is 0.348. The highest BCUT2D eigenvalue weighted by atomic mass is 16.5. The van der Waals surface area contributed by atoms with Gasteiger partial charge in [-0.3, -0.25) is 0 Å². The van der Waals surface area contributed by atoms with Crippen LogP contribution in [0, 0.1) is 6.92 Å². The summed E-state index contributed by atoms with van der Waals surface area (Å²) in [4.78, 5) is 0. The van der Waals surface area contributed by atoms with E-state index in [1.54, 1.807) is 25.1 Å². The Balaban J connectivity index is 2.00. The van der Waals surface area contributed by atoms with Crippen molar-refractivity contribution < 1.29 is 25.2 Å². The Kier molecular flexibility index (Phi) is 3.14. The van der Waals surface area contributed by atoms with Gasteiger partial charge in [0.2, 0.25) is 0 Å². The second kappa shape index (κ2) is 4.86. The van der Waals surface area contributed by atoms with Crippen molar-refractivity contribution in [1.82, 2.24) is 0 Å². The number of hydrogen-bond donors (Lipinski definition) is 4. The van der Waals surface area contributed by atoms with Gasteiger partial charge in [-0.15, -0.1) is 0 Å². The number of ether oxygens (including phenoxy) is 1. The number of fused-ring (bicyclic) bond motifs is 1. The minimum Gasteiger partial charge on any atom is -0.508 e. The number of rotatable bonds is 1. The number of aryl methyl sites for hydroxylation is 1. The molecule has 2 aromatic carbocycles. The Morgan fingerprint density at radius 3 is 2.52 bits per heavy atom. The van der Waals surface area contributed by atoms with Crippen LogP contribution in [0.2, 0.25) is 0 Å². The minimum absolute atomic E-state index is 0.0932. The zero-order valence-electron chi connectivity index (χ0n) is 11.4. The first-order valence-electron chi connectivity index (χ1n) is 6.65. The van der Waals surface area contributed by atoms with Crippen LogP contribution >= 0.6 is 0 Å². The van der Waals surface area contributed by atoms with Gasteiger partial charge in [0.1, 0.15) is 29.1 Å². The Morgan fingerprint density at radius 1 is 1.05 bits per heavy atom. The largest absolute Gasteiger partial charge is 0.508 e. The van der Waals surface area contributed by atoms with E-state index >= 15 is 0 Å². The van der Waals surface area contributed by atoms with Crippen LogP contribution in [0.5, 0.6) is 23.0 Å². The lowest BCUT2D eigenvalue weighted by atomic mass is 9.93. The maximum Gasteiger partial charge on any atom is 0.150 e. The third kappa shape index (κ3) is 2.36. The fraction of sp³-hybridized carbons (Fsp3) is 0.250. The van der Waals surface area contributed by atoms with Gasteiger partial charge in [-0.2, -0.15) is 0 Å². The Morgan fingerprint density at radius 2 is 1.81 bits per heavy atom. The summed E-state index contributed by atoms with van der Waals surface area (Å²) in [6, 6.07) is 7.62. The molecular weight excluding hydrogens is 272 g/mol. The molecule has 4 N–H and O–H groups in total. The van der Waals surface area contributed by atoms with E-state index < -0.39 is 12.2 Å². The molecule has 0 saturated carbocycles. The third-order valence-corrected chi connectivity index (χ3v) is 3.74. The molecule has 0 spiro atoms. The average molecular weight is 288 g/mol. The number of benzene rings is 2. The van der Waals surface area contributed by atoms with E-state index in [2.05, 4.69) is 0 Å². The quantitative estimate of drug-likeness (QED) is 0.645. The second-order valence-corrected chi connectivity index (χ2v) is 5.30. The number of aromatic hydroxyl groups is 3. The molecule has 1 aliphatic heterocycles. The van der Waals surface area contributed by atoms with Crippen LogP contribution < -0.4 is 4.74 Å².